The Hall–Kier alpha value is -2.93. The van der Waals surface area contributed by atoms with Crippen LogP contribution in [0.15, 0.2) is 42.6 Å². The second-order valence-corrected chi connectivity index (χ2v) is 6.63. The smallest absolute Gasteiger partial charge is 0.275 e. The molecule has 0 aliphatic carbocycles. The molecule has 1 aromatic carbocycles. The Labute approximate surface area is 157 Å². The highest BCUT2D eigenvalue weighted by Gasteiger charge is 2.27. The average molecular weight is 366 g/mol. The number of aromatic nitrogens is 3. The zero-order valence-electron chi connectivity index (χ0n) is 15.2. The maximum Gasteiger partial charge on any atom is 0.275 e. The van der Waals surface area contributed by atoms with E-state index in [1.165, 1.54) is 0 Å². The molecule has 4 rings (SSSR count). The zero-order chi connectivity index (χ0) is 18.6. The van der Waals surface area contributed by atoms with Gasteiger partial charge in [0, 0.05) is 24.7 Å². The van der Waals surface area contributed by atoms with Gasteiger partial charge in [0.1, 0.15) is 5.75 Å². The molecule has 1 aliphatic heterocycles. The van der Waals surface area contributed by atoms with Crippen molar-refractivity contribution < 1.29 is 14.3 Å². The minimum absolute atomic E-state index is 0.00412. The maximum atomic E-state index is 13.0. The molecule has 1 unspecified atom stereocenters. The summed E-state index contributed by atoms with van der Waals surface area (Å²) in [6.45, 7) is 1.72. The summed E-state index contributed by atoms with van der Waals surface area (Å²) in [5.41, 5.74) is 2.14. The lowest BCUT2D eigenvalue weighted by atomic mass is 10.1. The summed E-state index contributed by atoms with van der Waals surface area (Å²) < 4.78 is 11.3. The third-order valence-electron chi connectivity index (χ3n) is 4.83. The molecule has 1 saturated heterocycles. The van der Waals surface area contributed by atoms with Crippen LogP contribution in [-0.2, 0) is 11.3 Å². The van der Waals surface area contributed by atoms with Gasteiger partial charge in [-0.05, 0) is 43.2 Å². The molecule has 1 atom stereocenters. The lowest BCUT2D eigenvalue weighted by Gasteiger charge is -2.32. The number of hydrogen-bond acceptors (Lipinski definition) is 5. The number of rotatable bonds is 5. The summed E-state index contributed by atoms with van der Waals surface area (Å²) in [5.74, 6) is 0.619. The number of piperidine rings is 1. The van der Waals surface area contributed by atoms with Crippen LogP contribution in [0.25, 0.3) is 10.9 Å². The number of methoxy groups -OCH3 is 1. The third kappa shape index (κ3) is 3.78. The van der Waals surface area contributed by atoms with Gasteiger partial charge >= 0.3 is 0 Å². The van der Waals surface area contributed by atoms with Crippen molar-refractivity contribution in [3.63, 3.8) is 0 Å². The van der Waals surface area contributed by atoms with E-state index in [2.05, 4.69) is 15.2 Å². The number of carbonyl (C=O) groups excluding carboxylic acids is 1. The van der Waals surface area contributed by atoms with E-state index in [-0.39, 0.29) is 12.0 Å². The Balaban J connectivity index is 1.45. The van der Waals surface area contributed by atoms with Crippen molar-refractivity contribution in [3.8, 4) is 5.75 Å². The van der Waals surface area contributed by atoms with Crippen molar-refractivity contribution in [2.45, 2.75) is 25.6 Å². The van der Waals surface area contributed by atoms with Crippen LogP contribution in [-0.4, -0.2) is 52.3 Å². The van der Waals surface area contributed by atoms with E-state index in [9.17, 15) is 4.79 Å². The molecule has 1 fully saturated rings. The fourth-order valence-corrected chi connectivity index (χ4v) is 3.38. The second-order valence-electron chi connectivity index (χ2n) is 6.63. The number of pyridine rings is 1. The molecule has 1 aliphatic rings. The normalized spacial score (nSPS) is 17.2. The van der Waals surface area contributed by atoms with Crippen LogP contribution in [0.4, 0.5) is 0 Å². The Kier molecular flexibility index (Phi) is 5.02. The summed E-state index contributed by atoms with van der Waals surface area (Å²) >= 11 is 0. The van der Waals surface area contributed by atoms with E-state index in [1.54, 1.807) is 13.3 Å². The summed E-state index contributed by atoms with van der Waals surface area (Å²) in [6.07, 6.45) is 3.60. The molecule has 7 heteroatoms. The molecule has 3 heterocycles. The van der Waals surface area contributed by atoms with Crippen LogP contribution < -0.4 is 4.74 Å². The molecule has 2 aromatic heterocycles. The lowest BCUT2D eigenvalue weighted by Crippen LogP contribution is -2.43. The van der Waals surface area contributed by atoms with E-state index >= 15 is 0 Å². The fraction of sp³-hybridized carbons (Fsp3) is 0.350. The molecule has 0 radical (unpaired) electrons. The molecule has 0 spiro atoms. The van der Waals surface area contributed by atoms with E-state index in [4.69, 9.17) is 9.47 Å². The van der Waals surface area contributed by atoms with Crippen LogP contribution in [0.1, 0.15) is 29.0 Å². The molecule has 1 N–H and O–H groups in total. The van der Waals surface area contributed by atoms with Gasteiger partial charge in [0.25, 0.3) is 5.91 Å². The lowest BCUT2D eigenvalue weighted by molar-refractivity contribution is -0.00795. The van der Waals surface area contributed by atoms with Gasteiger partial charge in [0.05, 0.1) is 31.0 Å². The van der Waals surface area contributed by atoms with Crippen molar-refractivity contribution >= 4 is 16.8 Å². The predicted octanol–water partition coefficient (Wildman–Crippen LogP) is 2.79. The number of carbonyl (C=O) groups is 1. The minimum Gasteiger partial charge on any atom is -0.497 e. The zero-order valence-corrected chi connectivity index (χ0v) is 15.2. The minimum atomic E-state index is -0.0827. The van der Waals surface area contributed by atoms with E-state index in [1.807, 2.05) is 41.3 Å². The van der Waals surface area contributed by atoms with Gasteiger partial charge in [-0.1, -0.05) is 6.07 Å². The number of hydrogen-bond donors (Lipinski definition) is 1. The Morgan fingerprint density at radius 2 is 2.26 bits per heavy atom. The van der Waals surface area contributed by atoms with Crippen LogP contribution >= 0.6 is 0 Å². The standard InChI is InChI=1S/C20H22N4O3/c1-26-15-7-8-18-17(11-15)19(23-22-18)20(25)24-10-4-6-16(12-24)27-13-14-5-2-3-9-21-14/h2-3,5,7-9,11,16H,4,6,10,12-13H2,1H3,(H,22,23). The van der Waals surface area contributed by atoms with Gasteiger partial charge in [0.2, 0.25) is 0 Å². The summed E-state index contributed by atoms with van der Waals surface area (Å²) in [5, 5.41) is 7.94. The number of likely N-dealkylation sites (tertiary alicyclic amines) is 1. The Bertz CT molecular complexity index is 925. The van der Waals surface area contributed by atoms with Crippen LogP contribution in [0.3, 0.4) is 0 Å². The number of benzene rings is 1. The molecule has 3 aromatic rings. The highest BCUT2D eigenvalue weighted by molar-refractivity contribution is 6.05. The first-order chi connectivity index (χ1) is 13.2. The third-order valence-corrected chi connectivity index (χ3v) is 4.83. The SMILES string of the molecule is COc1ccc2[nH]nc(C(=O)N3CCCC(OCc4ccccn4)C3)c2c1. The molecule has 1 amide bonds. The monoisotopic (exact) mass is 366 g/mol. The van der Waals surface area contributed by atoms with Gasteiger partial charge in [-0.15, -0.1) is 0 Å². The highest BCUT2D eigenvalue weighted by Crippen LogP contribution is 2.24. The Morgan fingerprint density at radius 3 is 3.07 bits per heavy atom. The van der Waals surface area contributed by atoms with E-state index < -0.39 is 0 Å². The largest absolute Gasteiger partial charge is 0.497 e. The number of amides is 1. The number of fused-ring (bicyclic) bond motifs is 1. The fourth-order valence-electron chi connectivity index (χ4n) is 3.38. The molecular weight excluding hydrogens is 344 g/mol. The first kappa shape index (κ1) is 17.5. The van der Waals surface area contributed by atoms with Crippen molar-refractivity contribution in [1.29, 1.82) is 0 Å². The molecule has 140 valence electrons. The van der Waals surface area contributed by atoms with Gasteiger partial charge < -0.3 is 14.4 Å². The first-order valence-corrected chi connectivity index (χ1v) is 9.07. The molecule has 0 bridgehead atoms. The van der Waals surface area contributed by atoms with E-state index in [0.717, 1.165) is 29.4 Å². The molecule has 7 nitrogen and oxygen atoms in total. The summed E-state index contributed by atoms with van der Waals surface area (Å²) in [4.78, 5) is 19.1. The van der Waals surface area contributed by atoms with Gasteiger partial charge in [-0.2, -0.15) is 5.10 Å². The molecule has 0 saturated carbocycles. The van der Waals surface area contributed by atoms with Gasteiger partial charge in [-0.25, -0.2) is 0 Å². The molecule has 27 heavy (non-hydrogen) atoms. The van der Waals surface area contributed by atoms with Crippen molar-refractivity contribution in [3.05, 3.63) is 54.0 Å². The number of aromatic amines is 1. The van der Waals surface area contributed by atoms with Crippen molar-refractivity contribution in [1.82, 2.24) is 20.1 Å². The summed E-state index contributed by atoms with van der Waals surface area (Å²) in [7, 11) is 1.61. The number of nitrogens with one attached hydrogen (secondary N) is 1. The average Bonchev–Trinajstić information content (AvgIpc) is 3.15. The number of ether oxygens (including phenoxy) is 2. The number of H-pyrrole nitrogens is 1. The van der Waals surface area contributed by atoms with Crippen LogP contribution in [0.5, 0.6) is 5.75 Å². The topological polar surface area (TPSA) is 80.3 Å². The predicted molar refractivity (Wildman–Crippen MR) is 101 cm³/mol. The van der Waals surface area contributed by atoms with Crippen LogP contribution in [0.2, 0.25) is 0 Å². The van der Waals surface area contributed by atoms with Gasteiger partial charge in [0.15, 0.2) is 5.69 Å². The van der Waals surface area contributed by atoms with Crippen molar-refractivity contribution in [2.75, 3.05) is 20.2 Å². The first-order valence-electron chi connectivity index (χ1n) is 9.07. The van der Waals surface area contributed by atoms with Crippen molar-refractivity contribution in [2.24, 2.45) is 0 Å². The quantitative estimate of drug-likeness (QED) is 0.751. The maximum absolute atomic E-state index is 13.0. The number of nitrogens with zero attached hydrogens (tertiary/aromatic N) is 3. The molecular formula is C20H22N4O3. The summed E-state index contributed by atoms with van der Waals surface area (Å²) in [6, 6.07) is 11.3. The van der Waals surface area contributed by atoms with Crippen LogP contribution in [0, 0.1) is 0 Å². The Morgan fingerprint density at radius 1 is 1.33 bits per heavy atom. The highest BCUT2D eigenvalue weighted by atomic mass is 16.5. The second kappa shape index (κ2) is 7.75. The van der Waals surface area contributed by atoms with E-state index in [0.29, 0.717) is 31.1 Å². The van der Waals surface area contributed by atoms with Gasteiger partial charge in [-0.3, -0.25) is 14.9 Å².